The summed E-state index contributed by atoms with van der Waals surface area (Å²) in [6.07, 6.45) is 3.82. The lowest BCUT2D eigenvalue weighted by molar-refractivity contribution is -0.380. The van der Waals surface area contributed by atoms with Crippen LogP contribution in [-0.2, 0) is 6.54 Å². The molecule has 1 aromatic rings. The van der Waals surface area contributed by atoms with Gasteiger partial charge in [-0.25, -0.2) is 0 Å². The van der Waals surface area contributed by atoms with E-state index in [-0.39, 0.29) is 9.92 Å². The van der Waals surface area contributed by atoms with Crippen molar-refractivity contribution in [3.63, 3.8) is 0 Å². The van der Waals surface area contributed by atoms with E-state index < -0.39 is 0 Å². The number of nitro groups is 1. The summed E-state index contributed by atoms with van der Waals surface area (Å²) in [5.74, 6) is 0. The fourth-order valence-corrected chi connectivity index (χ4v) is 4.05. The summed E-state index contributed by atoms with van der Waals surface area (Å²) in [6, 6.07) is 1.72. The van der Waals surface area contributed by atoms with Gasteiger partial charge in [0.05, 0.1) is 4.92 Å². The highest BCUT2D eigenvalue weighted by atomic mass is 32.1. The first-order valence-corrected chi connectivity index (χ1v) is 7.70. The predicted molar refractivity (Wildman–Crippen MR) is 75.4 cm³/mol. The fraction of sp³-hybridized carbons (Fsp3) is 0.692. The number of nitrogens with one attached hydrogen (secondary N) is 1. The second-order valence-electron chi connectivity index (χ2n) is 5.76. The van der Waals surface area contributed by atoms with Crippen LogP contribution in [0.5, 0.6) is 0 Å². The van der Waals surface area contributed by atoms with Gasteiger partial charge in [0.1, 0.15) is 0 Å². The first-order valence-electron chi connectivity index (χ1n) is 6.82. The van der Waals surface area contributed by atoms with Gasteiger partial charge in [0.15, 0.2) is 0 Å². The molecule has 6 heteroatoms. The van der Waals surface area contributed by atoms with E-state index in [0.29, 0.717) is 5.41 Å². The van der Waals surface area contributed by atoms with Crippen LogP contribution in [0.4, 0.5) is 5.00 Å². The Morgan fingerprint density at radius 1 is 1.42 bits per heavy atom. The third-order valence-electron chi connectivity index (χ3n) is 4.41. The van der Waals surface area contributed by atoms with Crippen LogP contribution in [-0.4, -0.2) is 36.0 Å². The van der Waals surface area contributed by atoms with E-state index in [1.54, 1.807) is 6.07 Å². The van der Waals surface area contributed by atoms with E-state index in [2.05, 4.69) is 10.2 Å². The van der Waals surface area contributed by atoms with Gasteiger partial charge in [-0.2, -0.15) is 0 Å². The zero-order valence-electron chi connectivity index (χ0n) is 10.9. The standard InChI is InChI=1S/C13H19N3O2S/c17-16(18)12-7-11(9-19-12)8-15-6-3-13(10-15)1-4-14-5-2-13/h7,9,14H,1-6,8,10H2. The van der Waals surface area contributed by atoms with E-state index in [9.17, 15) is 10.1 Å². The lowest BCUT2D eigenvalue weighted by Gasteiger charge is -2.33. The van der Waals surface area contributed by atoms with Crippen LogP contribution in [0.2, 0.25) is 0 Å². The second-order valence-corrected chi connectivity index (χ2v) is 6.65. The first-order chi connectivity index (χ1) is 9.17. The van der Waals surface area contributed by atoms with Crippen molar-refractivity contribution < 1.29 is 4.92 Å². The highest BCUT2D eigenvalue weighted by molar-refractivity contribution is 7.13. The van der Waals surface area contributed by atoms with Crippen LogP contribution in [0.25, 0.3) is 0 Å². The molecule has 2 fully saturated rings. The van der Waals surface area contributed by atoms with E-state index in [4.69, 9.17) is 0 Å². The molecule has 2 saturated heterocycles. The highest BCUT2D eigenvalue weighted by Gasteiger charge is 2.38. The van der Waals surface area contributed by atoms with Crippen molar-refractivity contribution in [2.24, 2.45) is 5.41 Å². The SMILES string of the molecule is O=[N+]([O-])c1cc(CN2CCC3(CCNCC3)C2)cs1. The Morgan fingerprint density at radius 2 is 2.21 bits per heavy atom. The number of nitrogens with zero attached hydrogens (tertiary/aromatic N) is 2. The predicted octanol–water partition coefficient (Wildman–Crippen LogP) is 2.23. The van der Waals surface area contributed by atoms with Crippen molar-refractivity contribution >= 4 is 16.3 Å². The van der Waals surface area contributed by atoms with Crippen LogP contribution in [0.3, 0.4) is 0 Å². The van der Waals surface area contributed by atoms with Gasteiger partial charge in [0.25, 0.3) is 0 Å². The molecular formula is C13H19N3O2S. The number of rotatable bonds is 3. The van der Waals surface area contributed by atoms with Crippen molar-refractivity contribution in [2.75, 3.05) is 26.2 Å². The number of hydrogen-bond acceptors (Lipinski definition) is 5. The maximum atomic E-state index is 10.7. The quantitative estimate of drug-likeness (QED) is 0.682. The topological polar surface area (TPSA) is 58.4 Å². The van der Waals surface area contributed by atoms with Crippen molar-refractivity contribution in [1.82, 2.24) is 10.2 Å². The molecule has 104 valence electrons. The molecule has 19 heavy (non-hydrogen) atoms. The van der Waals surface area contributed by atoms with Crippen molar-refractivity contribution in [3.8, 4) is 0 Å². The molecule has 5 nitrogen and oxygen atoms in total. The van der Waals surface area contributed by atoms with E-state index in [0.717, 1.165) is 38.3 Å². The molecule has 0 unspecified atom stereocenters. The Kier molecular flexibility index (Phi) is 3.56. The van der Waals surface area contributed by atoms with Gasteiger partial charge in [-0.3, -0.25) is 15.0 Å². The molecule has 0 radical (unpaired) electrons. The van der Waals surface area contributed by atoms with Crippen molar-refractivity contribution in [1.29, 1.82) is 0 Å². The Hall–Kier alpha value is -0.980. The lowest BCUT2D eigenvalue weighted by Crippen LogP contribution is -2.38. The fourth-order valence-electron chi connectivity index (χ4n) is 3.33. The van der Waals surface area contributed by atoms with Gasteiger partial charge in [-0.1, -0.05) is 11.3 Å². The minimum Gasteiger partial charge on any atom is -0.317 e. The number of likely N-dealkylation sites (tertiary alicyclic amines) is 1. The van der Waals surface area contributed by atoms with E-state index in [1.165, 1.54) is 30.6 Å². The van der Waals surface area contributed by atoms with Gasteiger partial charge < -0.3 is 5.32 Å². The molecule has 2 aliphatic rings. The van der Waals surface area contributed by atoms with Gasteiger partial charge in [-0.15, -0.1) is 0 Å². The Labute approximate surface area is 116 Å². The molecule has 0 saturated carbocycles. The number of hydrogen-bond donors (Lipinski definition) is 1. The Morgan fingerprint density at radius 3 is 2.89 bits per heavy atom. The zero-order valence-corrected chi connectivity index (χ0v) is 11.7. The highest BCUT2D eigenvalue weighted by Crippen LogP contribution is 2.39. The van der Waals surface area contributed by atoms with Crippen LogP contribution in [0, 0.1) is 15.5 Å². The summed E-state index contributed by atoms with van der Waals surface area (Å²) in [4.78, 5) is 12.8. The summed E-state index contributed by atoms with van der Waals surface area (Å²) in [5, 5.41) is 16.3. The van der Waals surface area contributed by atoms with Gasteiger partial charge in [0, 0.05) is 24.5 Å². The summed E-state index contributed by atoms with van der Waals surface area (Å²) >= 11 is 1.23. The molecule has 1 spiro atoms. The summed E-state index contributed by atoms with van der Waals surface area (Å²) < 4.78 is 0. The van der Waals surface area contributed by atoms with Crippen LogP contribution in [0.15, 0.2) is 11.4 Å². The average molecular weight is 281 g/mol. The maximum absolute atomic E-state index is 10.7. The first kappa shape index (κ1) is 13.0. The zero-order chi connectivity index (χ0) is 13.3. The Balaban J connectivity index is 1.60. The summed E-state index contributed by atoms with van der Waals surface area (Å²) in [6.45, 7) is 5.41. The van der Waals surface area contributed by atoms with Crippen molar-refractivity contribution in [2.45, 2.75) is 25.8 Å². The van der Waals surface area contributed by atoms with Crippen molar-refractivity contribution in [3.05, 3.63) is 27.1 Å². The summed E-state index contributed by atoms with van der Waals surface area (Å²) in [5.41, 5.74) is 1.59. The summed E-state index contributed by atoms with van der Waals surface area (Å²) in [7, 11) is 0. The van der Waals surface area contributed by atoms with Crippen LogP contribution >= 0.6 is 11.3 Å². The average Bonchev–Trinajstić information content (AvgIpc) is 2.99. The molecule has 3 heterocycles. The number of thiophene rings is 1. The van der Waals surface area contributed by atoms with Gasteiger partial charge in [-0.05, 0) is 49.9 Å². The molecule has 2 aliphatic heterocycles. The molecular weight excluding hydrogens is 262 g/mol. The van der Waals surface area contributed by atoms with Gasteiger partial charge >= 0.3 is 5.00 Å². The minimum absolute atomic E-state index is 0.255. The molecule has 0 bridgehead atoms. The normalized spacial score (nSPS) is 22.9. The second kappa shape index (κ2) is 5.19. The minimum atomic E-state index is -0.299. The van der Waals surface area contributed by atoms with E-state index in [1.807, 2.05) is 5.38 Å². The molecule has 0 atom stereocenters. The smallest absolute Gasteiger partial charge is 0.317 e. The third-order valence-corrected chi connectivity index (χ3v) is 5.34. The molecule has 3 rings (SSSR count). The molecule has 0 aromatic carbocycles. The van der Waals surface area contributed by atoms with E-state index >= 15 is 0 Å². The molecule has 1 aromatic heterocycles. The lowest BCUT2D eigenvalue weighted by atomic mass is 9.78. The monoisotopic (exact) mass is 281 g/mol. The molecule has 0 aliphatic carbocycles. The van der Waals surface area contributed by atoms with Crippen LogP contribution in [0.1, 0.15) is 24.8 Å². The third kappa shape index (κ3) is 2.80. The molecule has 0 amide bonds. The largest absolute Gasteiger partial charge is 0.324 e. The van der Waals surface area contributed by atoms with Gasteiger partial charge in [0.2, 0.25) is 0 Å². The maximum Gasteiger partial charge on any atom is 0.324 e. The molecule has 1 N–H and O–H groups in total. The Bertz CT molecular complexity index is 468. The number of piperidine rings is 1. The van der Waals surface area contributed by atoms with Crippen LogP contribution < -0.4 is 5.32 Å².